The normalized spacial score (nSPS) is 11.3. The number of aryl methyl sites for hydroxylation is 5. The molecule has 0 radical (unpaired) electrons. The summed E-state index contributed by atoms with van der Waals surface area (Å²) in [6, 6.07) is 13.5. The number of benzene rings is 3. The van der Waals surface area contributed by atoms with Crippen LogP contribution in [-0.2, 0) is 10.0 Å². The van der Waals surface area contributed by atoms with Crippen molar-refractivity contribution in [3.63, 3.8) is 0 Å². The second kappa shape index (κ2) is 8.73. The van der Waals surface area contributed by atoms with E-state index in [1.54, 1.807) is 12.1 Å². The number of nitrogens with one attached hydrogen (secondary N) is 2. The molecule has 3 rings (SSSR count). The van der Waals surface area contributed by atoms with E-state index in [9.17, 15) is 13.2 Å². The molecule has 7 heteroatoms. The van der Waals surface area contributed by atoms with Gasteiger partial charge in [0.25, 0.3) is 15.9 Å². The van der Waals surface area contributed by atoms with Crippen LogP contribution >= 0.6 is 11.6 Å². The number of amides is 1. The lowest BCUT2D eigenvalue weighted by Gasteiger charge is -2.14. The molecule has 3 aromatic carbocycles. The van der Waals surface area contributed by atoms with Gasteiger partial charge in [0.05, 0.1) is 5.02 Å². The average molecular weight is 457 g/mol. The van der Waals surface area contributed by atoms with Crippen molar-refractivity contribution in [2.45, 2.75) is 39.5 Å². The van der Waals surface area contributed by atoms with Gasteiger partial charge in [-0.15, -0.1) is 0 Å². The number of rotatable bonds is 5. The van der Waals surface area contributed by atoms with Crippen LogP contribution in [0, 0.1) is 34.6 Å². The minimum atomic E-state index is -3.99. The molecule has 2 N–H and O–H groups in total. The first kappa shape index (κ1) is 22.8. The van der Waals surface area contributed by atoms with Crippen LogP contribution in [-0.4, -0.2) is 14.3 Å². The van der Waals surface area contributed by atoms with Crippen LogP contribution in [0.2, 0.25) is 5.02 Å². The maximum absolute atomic E-state index is 13.0. The van der Waals surface area contributed by atoms with E-state index >= 15 is 0 Å². The van der Waals surface area contributed by atoms with Crippen LogP contribution < -0.4 is 10.0 Å². The summed E-state index contributed by atoms with van der Waals surface area (Å²) in [5, 5.41) is 2.92. The largest absolute Gasteiger partial charge is 0.322 e. The standard InChI is InChI=1S/C24H25ClN2O3S/c1-14-10-17(4)23(18(5)11-14)26-24(28)19-7-9-21(25)22(13-19)31(29,30)27-20-8-6-15(2)16(3)12-20/h6-13,27H,1-5H3,(H,26,28). The first-order valence-electron chi connectivity index (χ1n) is 9.77. The van der Waals surface area contributed by atoms with E-state index in [1.165, 1.54) is 18.2 Å². The van der Waals surface area contributed by atoms with Crippen LogP contribution in [0.5, 0.6) is 0 Å². The van der Waals surface area contributed by atoms with Crippen LogP contribution in [0.25, 0.3) is 0 Å². The molecule has 0 saturated carbocycles. The molecule has 5 nitrogen and oxygen atoms in total. The van der Waals surface area contributed by atoms with Crippen molar-refractivity contribution in [3.05, 3.63) is 86.9 Å². The van der Waals surface area contributed by atoms with E-state index in [0.717, 1.165) is 27.8 Å². The summed E-state index contributed by atoms with van der Waals surface area (Å²) in [7, 11) is -3.99. The fourth-order valence-electron chi connectivity index (χ4n) is 3.43. The summed E-state index contributed by atoms with van der Waals surface area (Å²) in [5.41, 5.74) is 6.33. The highest BCUT2D eigenvalue weighted by Crippen LogP contribution is 2.27. The van der Waals surface area contributed by atoms with Gasteiger partial charge >= 0.3 is 0 Å². The van der Waals surface area contributed by atoms with Gasteiger partial charge < -0.3 is 5.32 Å². The Balaban J connectivity index is 1.92. The first-order chi connectivity index (χ1) is 14.5. The smallest absolute Gasteiger partial charge is 0.263 e. The summed E-state index contributed by atoms with van der Waals surface area (Å²) in [5.74, 6) is -0.408. The van der Waals surface area contributed by atoms with Gasteiger partial charge in [-0.1, -0.05) is 35.4 Å². The predicted molar refractivity (Wildman–Crippen MR) is 127 cm³/mol. The van der Waals surface area contributed by atoms with Crippen molar-refractivity contribution in [3.8, 4) is 0 Å². The molecule has 0 heterocycles. The fourth-order valence-corrected chi connectivity index (χ4v) is 5.00. The van der Waals surface area contributed by atoms with Gasteiger partial charge in [-0.3, -0.25) is 9.52 Å². The summed E-state index contributed by atoms with van der Waals surface area (Å²) in [4.78, 5) is 12.7. The number of carbonyl (C=O) groups is 1. The lowest BCUT2D eigenvalue weighted by Crippen LogP contribution is -2.17. The molecule has 0 spiro atoms. The Labute approximate surface area is 188 Å². The molecule has 0 bridgehead atoms. The molecule has 1 amide bonds. The van der Waals surface area contributed by atoms with Gasteiger partial charge in [0.1, 0.15) is 4.90 Å². The van der Waals surface area contributed by atoms with Crippen molar-refractivity contribution in [2.24, 2.45) is 0 Å². The van der Waals surface area contributed by atoms with Crippen LogP contribution in [0.3, 0.4) is 0 Å². The van der Waals surface area contributed by atoms with Gasteiger partial charge in [-0.05, 0) is 87.2 Å². The van der Waals surface area contributed by atoms with Crippen LogP contribution in [0.1, 0.15) is 38.2 Å². The van der Waals surface area contributed by atoms with Gasteiger partial charge in [0.2, 0.25) is 0 Å². The third-order valence-corrected chi connectivity index (χ3v) is 7.02. The van der Waals surface area contributed by atoms with Crippen molar-refractivity contribution in [2.75, 3.05) is 10.0 Å². The van der Waals surface area contributed by atoms with Gasteiger partial charge in [0.15, 0.2) is 0 Å². The van der Waals surface area contributed by atoms with E-state index in [2.05, 4.69) is 10.0 Å². The highest BCUT2D eigenvalue weighted by molar-refractivity contribution is 7.92. The zero-order valence-electron chi connectivity index (χ0n) is 18.1. The zero-order valence-corrected chi connectivity index (χ0v) is 19.7. The maximum Gasteiger partial charge on any atom is 0.263 e. The van der Waals surface area contributed by atoms with E-state index in [0.29, 0.717) is 11.4 Å². The quantitative estimate of drug-likeness (QED) is 0.499. The Morgan fingerprint density at radius 1 is 0.806 bits per heavy atom. The Bertz CT molecular complexity index is 1260. The molecule has 0 atom stereocenters. The lowest BCUT2D eigenvalue weighted by atomic mass is 10.0. The van der Waals surface area contributed by atoms with Crippen molar-refractivity contribution in [1.29, 1.82) is 0 Å². The number of sulfonamides is 1. The third-order valence-electron chi connectivity index (χ3n) is 5.16. The molecule has 0 aromatic heterocycles. The number of carbonyl (C=O) groups excluding carboxylic acids is 1. The van der Waals surface area contributed by atoms with Crippen LogP contribution in [0.15, 0.2) is 53.4 Å². The van der Waals surface area contributed by atoms with Crippen molar-refractivity contribution in [1.82, 2.24) is 0 Å². The van der Waals surface area contributed by atoms with E-state index < -0.39 is 15.9 Å². The third kappa shape index (κ3) is 5.09. The van der Waals surface area contributed by atoms with Crippen molar-refractivity contribution < 1.29 is 13.2 Å². The number of hydrogen-bond acceptors (Lipinski definition) is 3. The Morgan fingerprint density at radius 2 is 1.45 bits per heavy atom. The maximum atomic E-state index is 13.0. The first-order valence-corrected chi connectivity index (χ1v) is 11.6. The van der Waals surface area contributed by atoms with Gasteiger partial charge in [0, 0.05) is 16.9 Å². The van der Waals surface area contributed by atoms with Crippen molar-refractivity contribution >= 4 is 38.9 Å². The van der Waals surface area contributed by atoms with Crippen LogP contribution in [0.4, 0.5) is 11.4 Å². The average Bonchev–Trinajstić information content (AvgIpc) is 2.67. The summed E-state index contributed by atoms with van der Waals surface area (Å²) in [6.07, 6.45) is 0. The topological polar surface area (TPSA) is 75.3 Å². The Hall–Kier alpha value is -2.83. The second-order valence-corrected chi connectivity index (χ2v) is 9.84. The Morgan fingerprint density at radius 3 is 2.06 bits per heavy atom. The number of hydrogen-bond donors (Lipinski definition) is 2. The molecule has 0 aliphatic rings. The molecule has 31 heavy (non-hydrogen) atoms. The molecule has 3 aromatic rings. The Kier molecular flexibility index (Phi) is 6.43. The molecule has 0 saturated heterocycles. The van der Waals surface area contributed by atoms with Gasteiger partial charge in [-0.2, -0.15) is 0 Å². The molecular weight excluding hydrogens is 432 g/mol. The zero-order chi connectivity index (χ0) is 22.9. The minimum Gasteiger partial charge on any atom is -0.322 e. The fraction of sp³-hybridized carbons (Fsp3) is 0.208. The highest BCUT2D eigenvalue weighted by Gasteiger charge is 2.21. The van der Waals surface area contributed by atoms with E-state index in [4.69, 9.17) is 11.6 Å². The summed E-state index contributed by atoms with van der Waals surface area (Å²) >= 11 is 6.19. The van der Waals surface area contributed by atoms with E-state index in [1.807, 2.05) is 52.8 Å². The molecule has 162 valence electrons. The summed E-state index contributed by atoms with van der Waals surface area (Å²) < 4.78 is 28.5. The number of anilines is 2. The minimum absolute atomic E-state index is 0.0376. The second-order valence-electron chi connectivity index (χ2n) is 7.78. The molecule has 0 fully saturated rings. The summed E-state index contributed by atoms with van der Waals surface area (Å²) in [6.45, 7) is 9.68. The monoisotopic (exact) mass is 456 g/mol. The lowest BCUT2D eigenvalue weighted by molar-refractivity contribution is 0.102. The molecule has 0 aliphatic heterocycles. The highest BCUT2D eigenvalue weighted by atomic mass is 35.5. The molecule has 0 aliphatic carbocycles. The predicted octanol–water partition coefficient (Wildman–Crippen LogP) is 5.94. The molecular formula is C24H25ClN2O3S. The molecule has 0 unspecified atom stereocenters. The SMILES string of the molecule is Cc1cc(C)c(NC(=O)c2ccc(Cl)c(S(=O)(=O)Nc3ccc(C)c(C)c3)c2)c(C)c1. The van der Waals surface area contributed by atoms with Gasteiger partial charge in [-0.25, -0.2) is 8.42 Å². The van der Waals surface area contributed by atoms with E-state index in [-0.39, 0.29) is 15.5 Å². The number of halogens is 1.